The van der Waals surface area contributed by atoms with Gasteiger partial charge in [-0.3, -0.25) is 5.32 Å². The lowest BCUT2D eigenvalue weighted by molar-refractivity contribution is 0.130. The lowest BCUT2D eigenvalue weighted by atomic mass is 10.1. The highest BCUT2D eigenvalue weighted by atomic mass is 32.1. The fraction of sp³-hybridized carbons (Fsp3) is 0.545. The summed E-state index contributed by atoms with van der Waals surface area (Å²) in [6.45, 7) is 7.90. The maximum Gasteiger partial charge on any atom is 0.412 e. The summed E-state index contributed by atoms with van der Waals surface area (Å²) in [7, 11) is 0. The first-order valence-corrected chi connectivity index (χ1v) is 5.93. The van der Waals surface area contributed by atoms with E-state index < -0.39 is 0 Å². The first-order chi connectivity index (χ1) is 6.99. The van der Waals surface area contributed by atoms with Crippen LogP contribution >= 0.6 is 11.3 Å². The molecule has 1 N–H and O–H groups in total. The Bertz CT molecular complexity index is 331. The molecule has 84 valence electrons. The second-order valence-electron chi connectivity index (χ2n) is 3.98. The zero-order valence-corrected chi connectivity index (χ0v) is 10.4. The van der Waals surface area contributed by atoms with Gasteiger partial charge in [-0.05, 0) is 36.8 Å². The highest BCUT2D eigenvalue weighted by Crippen LogP contribution is 2.25. The van der Waals surface area contributed by atoms with Crippen LogP contribution in [0.25, 0.3) is 0 Å². The Morgan fingerprint density at radius 2 is 2.07 bits per heavy atom. The van der Waals surface area contributed by atoms with Gasteiger partial charge in [0.25, 0.3) is 0 Å². The van der Waals surface area contributed by atoms with Crippen LogP contribution in [0.2, 0.25) is 0 Å². The zero-order valence-electron chi connectivity index (χ0n) is 9.53. The summed E-state index contributed by atoms with van der Waals surface area (Å²) in [4.78, 5) is 11.3. The summed E-state index contributed by atoms with van der Waals surface area (Å²) in [6, 6.07) is 1.98. The van der Waals surface area contributed by atoms with Gasteiger partial charge in [-0.1, -0.05) is 13.8 Å². The number of rotatable bonds is 3. The summed E-state index contributed by atoms with van der Waals surface area (Å²) in [5.41, 5.74) is 1.24. The maximum atomic E-state index is 11.3. The number of thiophene rings is 1. The monoisotopic (exact) mass is 227 g/mol. The zero-order chi connectivity index (χ0) is 11.4. The summed E-state index contributed by atoms with van der Waals surface area (Å²) >= 11 is 1.52. The molecule has 1 heterocycles. The molecule has 1 amide bonds. The van der Waals surface area contributed by atoms with Gasteiger partial charge in [-0.2, -0.15) is 0 Å². The number of ether oxygens (including phenoxy) is 1. The van der Waals surface area contributed by atoms with Crippen molar-refractivity contribution in [3.8, 4) is 0 Å². The molecule has 0 atom stereocenters. The van der Waals surface area contributed by atoms with Crippen LogP contribution in [0.5, 0.6) is 0 Å². The molecule has 0 fully saturated rings. The van der Waals surface area contributed by atoms with Crippen LogP contribution in [0.3, 0.4) is 0 Å². The summed E-state index contributed by atoms with van der Waals surface area (Å²) < 4.78 is 4.98. The fourth-order valence-corrected chi connectivity index (χ4v) is 2.01. The molecule has 3 nitrogen and oxygen atoms in total. The lowest BCUT2D eigenvalue weighted by Crippen LogP contribution is -2.17. The Balaban J connectivity index is 2.53. The molecule has 0 radical (unpaired) electrons. The number of amides is 1. The number of nitrogens with one attached hydrogen (secondary N) is 1. The van der Waals surface area contributed by atoms with Crippen LogP contribution in [0, 0.1) is 0 Å². The number of carbonyl (C=O) groups excluding carboxylic acids is 1. The standard InChI is InChI=1S/C11H17NO2S/c1-7(2)9-5-10(15-6-9)12-11(13)14-8(3)4/h5-8H,1-4H3,(H,12,13). The van der Waals surface area contributed by atoms with E-state index in [-0.39, 0.29) is 12.2 Å². The van der Waals surface area contributed by atoms with Crippen LogP contribution in [0.4, 0.5) is 9.80 Å². The van der Waals surface area contributed by atoms with Gasteiger partial charge >= 0.3 is 6.09 Å². The third kappa shape index (κ3) is 3.91. The molecule has 0 aromatic carbocycles. The largest absolute Gasteiger partial charge is 0.447 e. The fourth-order valence-electron chi connectivity index (χ4n) is 1.06. The highest BCUT2D eigenvalue weighted by Gasteiger charge is 2.08. The maximum absolute atomic E-state index is 11.3. The Kier molecular flexibility index (Phi) is 4.15. The van der Waals surface area contributed by atoms with E-state index in [0.717, 1.165) is 5.00 Å². The van der Waals surface area contributed by atoms with Gasteiger partial charge in [0.05, 0.1) is 11.1 Å². The van der Waals surface area contributed by atoms with Crippen molar-refractivity contribution in [1.82, 2.24) is 0 Å². The predicted molar refractivity (Wildman–Crippen MR) is 63.6 cm³/mol. The van der Waals surface area contributed by atoms with Gasteiger partial charge in [0.15, 0.2) is 0 Å². The van der Waals surface area contributed by atoms with Gasteiger partial charge in [-0.15, -0.1) is 11.3 Å². The number of carbonyl (C=O) groups is 1. The third-order valence-corrected chi connectivity index (χ3v) is 2.72. The van der Waals surface area contributed by atoms with Crippen molar-refractivity contribution >= 4 is 22.4 Å². The van der Waals surface area contributed by atoms with Crippen molar-refractivity contribution in [3.63, 3.8) is 0 Å². The molecular formula is C11H17NO2S. The minimum absolute atomic E-state index is 0.0884. The quantitative estimate of drug-likeness (QED) is 0.852. The first-order valence-electron chi connectivity index (χ1n) is 5.05. The van der Waals surface area contributed by atoms with E-state index in [4.69, 9.17) is 4.74 Å². The topological polar surface area (TPSA) is 38.3 Å². The van der Waals surface area contributed by atoms with Crippen molar-refractivity contribution in [1.29, 1.82) is 0 Å². The van der Waals surface area contributed by atoms with Gasteiger partial charge in [0.2, 0.25) is 0 Å². The van der Waals surface area contributed by atoms with Crippen molar-refractivity contribution in [3.05, 3.63) is 17.0 Å². The Hall–Kier alpha value is -1.03. The first kappa shape index (κ1) is 12.0. The number of anilines is 1. The molecule has 0 bridgehead atoms. The minimum Gasteiger partial charge on any atom is -0.447 e. The van der Waals surface area contributed by atoms with Crippen molar-refractivity contribution in [2.75, 3.05) is 5.32 Å². The molecule has 0 aliphatic carbocycles. The van der Waals surface area contributed by atoms with E-state index in [9.17, 15) is 4.79 Å². The van der Waals surface area contributed by atoms with E-state index in [1.54, 1.807) is 0 Å². The van der Waals surface area contributed by atoms with E-state index >= 15 is 0 Å². The van der Waals surface area contributed by atoms with E-state index in [1.807, 2.05) is 19.9 Å². The van der Waals surface area contributed by atoms with Crippen LogP contribution in [0.1, 0.15) is 39.2 Å². The van der Waals surface area contributed by atoms with E-state index in [0.29, 0.717) is 5.92 Å². The predicted octanol–water partition coefficient (Wildman–Crippen LogP) is 3.83. The van der Waals surface area contributed by atoms with Crippen molar-refractivity contribution in [2.45, 2.75) is 39.7 Å². The number of hydrogen-bond donors (Lipinski definition) is 1. The van der Waals surface area contributed by atoms with Gasteiger partial charge in [0, 0.05) is 0 Å². The molecule has 1 rings (SSSR count). The lowest BCUT2D eigenvalue weighted by Gasteiger charge is -2.07. The van der Waals surface area contributed by atoms with E-state index in [1.165, 1.54) is 16.9 Å². The average Bonchev–Trinajstić information content (AvgIpc) is 2.50. The Labute approximate surface area is 94.5 Å². The summed E-state index contributed by atoms with van der Waals surface area (Å²) in [6.07, 6.45) is -0.475. The molecule has 0 saturated carbocycles. The molecule has 15 heavy (non-hydrogen) atoms. The van der Waals surface area contributed by atoms with E-state index in [2.05, 4.69) is 24.5 Å². The highest BCUT2D eigenvalue weighted by molar-refractivity contribution is 7.14. The smallest absolute Gasteiger partial charge is 0.412 e. The van der Waals surface area contributed by atoms with Gasteiger partial charge in [-0.25, -0.2) is 4.79 Å². The Morgan fingerprint density at radius 1 is 1.40 bits per heavy atom. The van der Waals surface area contributed by atoms with Gasteiger partial charge < -0.3 is 4.74 Å². The molecule has 1 aromatic heterocycles. The van der Waals surface area contributed by atoms with Crippen LogP contribution in [-0.4, -0.2) is 12.2 Å². The second kappa shape index (κ2) is 5.16. The molecule has 0 saturated heterocycles. The molecule has 1 aromatic rings. The second-order valence-corrected chi connectivity index (χ2v) is 4.89. The summed E-state index contributed by atoms with van der Waals surface area (Å²) in [5.74, 6) is 0.484. The molecule has 0 aliphatic heterocycles. The minimum atomic E-state index is -0.387. The molecule has 0 spiro atoms. The molecule has 4 heteroatoms. The molecular weight excluding hydrogens is 210 g/mol. The van der Waals surface area contributed by atoms with Crippen LogP contribution in [-0.2, 0) is 4.74 Å². The molecule has 0 unspecified atom stereocenters. The van der Waals surface area contributed by atoms with Gasteiger partial charge in [0.1, 0.15) is 0 Å². The van der Waals surface area contributed by atoms with Crippen LogP contribution < -0.4 is 5.32 Å². The third-order valence-electron chi connectivity index (χ3n) is 1.85. The average molecular weight is 227 g/mol. The molecule has 0 aliphatic rings. The SMILES string of the molecule is CC(C)OC(=O)Nc1cc(C(C)C)cs1. The summed E-state index contributed by atoms with van der Waals surface area (Å²) in [5, 5.41) is 5.59. The normalized spacial score (nSPS) is 10.8. The Morgan fingerprint density at radius 3 is 2.53 bits per heavy atom. The van der Waals surface area contributed by atoms with Crippen molar-refractivity contribution < 1.29 is 9.53 Å². The number of hydrogen-bond acceptors (Lipinski definition) is 3. The van der Waals surface area contributed by atoms with Crippen LogP contribution in [0.15, 0.2) is 11.4 Å². The van der Waals surface area contributed by atoms with Crippen molar-refractivity contribution in [2.24, 2.45) is 0 Å².